The maximum Gasteiger partial charge on any atom is 0.0437 e. The van der Waals surface area contributed by atoms with Gasteiger partial charge >= 0.3 is 0 Å². The number of fused-ring (bicyclic) bond motifs is 1. The van der Waals surface area contributed by atoms with E-state index < -0.39 is 0 Å². The number of nitrogens with one attached hydrogen (secondary N) is 1. The molecule has 0 bridgehead atoms. The van der Waals surface area contributed by atoms with Crippen molar-refractivity contribution >= 4 is 28.8 Å². The lowest BCUT2D eigenvalue weighted by Crippen LogP contribution is -2.49. The van der Waals surface area contributed by atoms with Gasteiger partial charge in [-0.1, -0.05) is 61.7 Å². The van der Waals surface area contributed by atoms with Crippen LogP contribution in [0.25, 0.3) is 16.3 Å². The van der Waals surface area contributed by atoms with Crippen LogP contribution in [0.5, 0.6) is 0 Å². The molecule has 0 atom stereocenters. The fourth-order valence-electron chi connectivity index (χ4n) is 4.17. The van der Waals surface area contributed by atoms with Crippen molar-refractivity contribution < 1.29 is 0 Å². The Hall–Kier alpha value is -1.31. The summed E-state index contributed by atoms with van der Waals surface area (Å²) >= 11 is 0. The summed E-state index contributed by atoms with van der Waals surface area (Å²) in [5.74, 6) is 0. The summed E-state index contributed by atoms with van der Waals surface area (Å²) in [5, 5.41) is 6.55. The summed E-state index contributed by atoms with van der Waals surface area (Å²) in [6.07, 6.45) is 10.4. The van der Waals surface area contributed by atoms with Crippen molar-refractivity contribution in [3.63, 3.8) is 0 Å². The molecule has 116 valence electrons. The predicted octanol–water partition coefficient (Wildman–Crippen LogP) is 5.34. The van der Waals surface area contributed by atoms with Crippen LogP contribution >= 0.6 is 12.4 Å². The topological polar surface area (TPSA) is 12.0 Å². The molecule has 0 unspecified atom stereocenters. The maximum atomic E-state index is 3.86. The summed E-state index contributed by atoms with van der Waals surface area (Å²) in [5.41, 5.74) is 3.22. The van der Waals surface area contributed by atoms with Crippen molar-refractivity contribution in [2.75, 3.05) is 6.54 Å². The van der Waals surface area contributed by atoms with Gasteiger partial charge < -0.3 is 5.32 Å². The molecular formula is C20H24ClN. The Bertz CT molecular complexity index is 683. The molecule has 2 heteroatoms. The first-order valence-corrected chi connectivity index (χ1v) is 8.32. The fraction of sp³-hybridized carbons (Fsp3) is 0.400. The summed E-state index contributed by atoms with van der Waals surface area (Å²) in [6, 6.07) is 15.6. The number of benzene rings is 2. The lowest BCUT2D eigenvalue weighted by Gasteiger charge is -2.43. The fourth-order valence-corrected chi connectivity index (χ4v) is 4.17. The molecule has 2 aromatic rings. The number of rotatable bonds is 1. The first-order chi connectivity index (χ1) is 10.4. The van der Waals surface area contributed by atoms with Gasteiger partial charge in [-0.3, -0.25) is 0 Å². The summed E-state index contributed by atoms with van der Waals surface area (Å²) in [4.78, 5) is 0. The minimum absolute atomic E-state index is 0. The van der Waals surface area contributed by atoms with E-state index in [0.717, 1.165) is 13.0 Å². The Morgan fingerprint density at radius 1 is 0.864 bits per heavy atom. The average molecular weight is 314 g/mol. The van der Waals surface area contributed by atoms with Crippen molar-refractivity contribution in [3.8, 4) is 0 Å². The van der Waals surface area contributed by atoms with Crippen LogP contribution in [0, 0.1) is 0 Å². The zero-order chi connectivity index (χ0) is 14.1. The molecule has 1 aliphatic carbocycles. The van der Waals surface area contributed by atoms with E-state index in [1.165, 1.54) is 48.4 Å². The van der Waals surface area contributed by atoms with Crippen molar-refractivity contribution in [2.24, 2.45) is 0 Å². The maximum absolute atomic E-state index is 3.86. The van der Waals surface area contributed by atoms with Crippen molar-refractivity contribution in [1.29, 1.82) is 0 Å². The summed E-state index contributed by atoms with van der Waals surface area (Å²) in [6.45, 7) is 1.14. The van der Waals surface area contributed by atoms with Gasteiger partial charge in [-0.15, -0.1) is 12.4 Å². The zero-order valence-corrected chi connectivity index (χ0v) is 13.8. The van der Waals surface area contributed by atoms with Gasteiger partial charge in [0.25, 0.3) is 0 Å². The van der Waals surface area contributed by atoms with Crippen LogP contribution in [-0.2, 0) is 0 Å². The Morgan fingerprint density at radius 3 is 2.45 bits per heavy atom. The van der Waals surface area contributed by atoms with Gasteiger partial charge in [-0.05, 0) is 53.8 Å². The molecule has 2 aromatic carbocycles. The van der Waals surface area contributed by atoms with Gasteiger partial charge in [0.1, 0.15) is 0 Å². The Labute approximate surface area is 139 Å². The van der Waals surface area contributed by atoms with Crippen molar-refractivity contribution in [3.05, 3.63) is 54.1 Å². The van der Waals surface area contributed by atoms with E-state index in [2.05, 4.69) is 53.9 Å². The van der Waals surface area contributed by atoms with Crippen LogP contribution in [0.3, 0.4) is 0 Å². The first-order valence-electron chi connectivity index (χ1n) is 8.32. The molecule has 0 amide bonds. The van der Waals surface area contributed by atoms with E-state index in [-0.39, 0.29) is 17.9 Å². The van der Waals surface area contributed by atoms with Crippen LogP contribution in [0.1, 0.15) is 44.1 Å². The highest BCUT2D eigenvalue weighted by Crippen LogP contribution is 2.41. The van der Waals surface area contributed by atoms with E-state index in [0.29, 0.717) is 0 Å². The Kier molecular flexibility index (Phi) is 4.56. The second-order valence-electron chi connectivity index (χ2n) is 6.54. The first kappa shape index (κ1) is 15.6. The molecule has 1 spiro atoms. The second-order valence-corrected chi connectivity index (χ2v) is 6.54. The SMILES string of the molecule is C1=C(c2ccc3ccccc3c2)C2(CCCCC2)NCC1.Cl. The minimum atomic E-state index is 0. The van der Waals surface area contributed by atoms with E-state index >= 15 is 0 Å². The third-order valence-corrected chi connectivity index (χ3v) is 5.24. The quantitative estimate of drug-likeness (QED) is 0.749. The van der Waals surface area contributed by atoms with Gasteiger partial charge in [-0.25, -0.2) is 0 Å². The molecule has 0 radical (unpaired) electrons. The van der Waals surface area contributed by atoms with Crippen LogP contribution in [0.2, 0.25) is 0 Å². The molecule has 2 aliphatic rings. The molecule has 22 heavy (non-hydrogen) atoms. The molecule has 1 saturated carbocycles. The summed E-state index contributed by atoms with van der Waals surface area (Å²) < 4.78 is 0. The van der Waals surface area contributed by atoms with Gasteiger partial charge in [0.15, 0.2) is 0 Å². The Balaban J connectivity index is 0.00000144. The van der Waals surface area contributed by atoms with Crippen LogP contribution < -0.4 is 5.32 Å². The third-order valence-electron chi connectivity index (χ3n) is 5.24. The number of halogens is 1. The molecule has 0 saturated heterocycles. The monoisotopic (exact) mass is 313 g/mol. The van der Waals surface area contributed by atoms with Crippen molar-refractivity contribution in [2.45, 2.75) is 44.1 Å². The molecule has 4 rings (SSSR count). The smallest absolute Gasteiger partial charge is 0.0437 e. The molecule has 1 fully saturated rings. The molecular weight excluding hydrogens is 290 g/mol. The normalized spacial score (nSPS) is 20.5. The third kappa shape index (κ3) is 2.68. The number of hydrogen-bond donors (Lipinski definition) is 1. The van der Waals surface area contributed by atoms with E-state index in [9.17, 15) is 0 Å². The van der Waals surface area contributed by atoms with Crippen molar-refractivity contribution in [1.82, 2.24) is 5.32 Å². The van der Waals surface area contributed by atoms with E-state index in [4.69, 9.17) is 0 Å². The zero-order valence-electron chi connectivity index (χ0n) is 13.0. The lowest BCUT2D eigenvalue weighted by atomic mass is 9.72. The van der Waals surface area contributed by atoms with Crippen LogP contribution in [0.4, 0.5) is 0 Å². The summed E-state index contributed by atoms with van der Waals surface area (Å²) in [7, 11) is 0. The standard InChI is InChI=1S/C20H23N.ClH/c1-4-12-20(13-5-1)19(9-6-14-21-20)18-11-10-16-7-2-3-8-17(16)15-18;/h2-3,7-11,15,21H,1,4-6,12-14H2;1H. The highest BCUT2D eigenvalue weighted by atomic mass is 35.5. The van der Waals surface area contributed by atoms with Crippen LogP contribution in [0.15, 0.2) is 48.5 Å². The highest BCUT2D eigenvalue weighted by molar-refractivity contribution is 5.87. The largest absolute Gasteiger partial charge is 0.307 e. The van der Waals surface area contributed by atoms with Crippen LogP contribution in [-0.4, -0.2) is 12.1 Å². The minimum Gasteiger partial charge on any atom is -0.307 e. The molecule has 0 aromatic heterocycles. The molecule has 1 aliphatic heterocycles. The lowest BCUT2D eigenvalue weighted by molar-refractivity contribution is 0.295. The van der Waals surface area contributed by atoms with Gasteiger partial charge in [-0.2, -0.15) is 0 Å². The van der Waals surface area contributed by atoms with Gasteiger partial charge in [0, 0.05) is 5.54 Å². The van der Waals surface area contributed by atoms with E-state index in [1.54, 1.807) is 5.57 Å². The molecule has 1 heterocycles. The highest BCUT2D eigenvalue weighted by Gasteiger charge is 2.37. The predicted molar refractivity (Wildman–Crippen MR) is 97.6 cm³/mol. The average Bonchev–Trinajstić information content (AvgIpc) is 2.56. The van der Waals surface area contributed by atoms with Gasteiger partial charge in [0.2, 0.25) is 0 Å². The number of hydrogen-bond acceptors (Lipinski definition) is 1. The molecule has 1 nitrogen and oxygen atoms in total. The van der Waals surface area contributed by atoms with Gasteiger partial charge in [0.05, 0.1) is 0 Å². The molecule has 1 N–H and O–H groups in total. The van der Waals surface area contributed by atoms with E-state index in [1.807, 2.05) is 0 Å². The second kappa shape index (κ2) is 6.44. The Morgan fingerprint density at radius 2 is 1.64 bits per heavy atom.